The lowest BCUT2D eigenvalue weighted by Crippen LogP contribution is -2.17. The van der Waals surface area contributed by atoms with Crippen molar-refractivity contribution in [2.75, 3.05) is 12.4 Å². The zero-order valence-electron chi connectivity index (χ0n) is 12.1. The molecule has 0 aliphatic heterocycles. The molecule has 0 saturated carbocycles. The molecule has 0 saturated heterocycles. The number of methoxy groups -OCH3 is 1. The monoisotopic (exact) mass is 409 g/mol. The fraction of sp³-hybridized carbons (Fsp3) is 0.118. The average molecular weight is 409 g/mol. The average Bonchev–Trinajstić information content (AvgIpc) is 2.51. The second kappa shape index (κ2) is 7.84. The molecule has 0 fully saturated rings. The topological polar surface area (TPSA) is 47.6 Å². The maximum absolute atomic E-state index is 11.9. The number of hydrogen-bond acceptors (Lipinski definition) is 3. The second-order valence-electron chi connectivity index (χ2n) is 4.50. The van der Waals surface area contributed by atoms with Gasteiger partial charge in [0.2, 0.25) is 0 Å². The summed E-state index contributed by atoms with van der Waals surface area (Å²) in [6.45, 7) is 3.70. The Morgan fingerprint density at radius 1 is 1.23 bits per heavy atom. The molecule has 2 aromatic carbocycles. The van der Waals surface area contributed by atoms with Crippen LogP contribution in [0.1, 0.15) is 5.56 Å². The highest BCUT2D eigenvalue weighted by molar-refractivity contribution is 14.1. The summed E-state index contributed by atoms with van der Waals surface area (Å²) in [7, 11) is 1.54. The quantitative estimate of drug-likeness (QED) is 0.578. The smallest absolute Gasteiger partial charge is 0.417 e. The van der Waals surface area contributed by atoms with Crippen molar-refractivity contribution in [3.05, 3.63) is 64.3 Å². The summed E-state index contributed by atoms with van der Waals surface area (Å²) in [6, 6.07) is 12.8. The van der Waals surface area contributed by atoms with Crippen molar-refractivity contribution in [1.29, 1.82) is 0 Å². The summed E-state index contributed by atoms with van der Waals surface area (Å²) in [5.41, 5.74) is 1.71. The molecule has 0 radical (unpaired) electrons. The van der Waals surface area contributed by atoms with Crippen molar-refractivity contribution in [2.45, 2.75) is 6.42 Å². The molecule has 114 valence electrons. The first kappa shape index (κ1) is 16.4. The van der Waals surface area contributed by atoms with E-state index in [1.165, 1.54) is 7.11 Å². The summed E-state index contributed by atoms with van der Waals surface area (Å²) >= 11 is 2.20. The van der Waals surface area contributed by atoms with Gasteiger partial charge in [-0.15, -0.1) is 6.58 Å². The molecule has 4 nitrogen and oxygen atoms in total. The number of ether oxygens (including phenoxy) is 2. The van der Waals surface area contributed by atoms with Crippen molar-refractivity contribution in [2.24, 2.45) is 0 Å². The molecule has 22 heavy (non-hydrogen) atoms. The number of carbonyl (C=O) groups is 1. The summed E-state index contributed by atoms with van der Waals surface area (Å²) in [5.74, 6) is 0.885. The molecule has 1 N–H and O–H groups in total. The van der Waals surface area contributed by atoms with Crippen LogP contribution in [0.4, 0.5) is 10.5 Å². The lowest BCUT2D eigenvalue weighted by molar-refractivity contribution is 0.213. The van der Waals surface area contributed by atoms with E-state index < -0.39 is 6.09 Å². The van der Waals surface area contributed by atoms with Gasteiger partial charge in [-0.25, -0.2) is 4.79 Å². The number of nitrogens with one attached hydrogen (secondary N) is 1. The molecule has 0 atom stereocenters. The predicted molar refractivity (Wildman–Crippen MR) is 95.7 cm³/mol. The minimum atomic E-state index is -0.559. The van der Waals surface area contributed by atoms with Gasteiger partial charge < -0.3 is 9.47 Å². The van der Waals surface area contributed by atoms with E-state index in [0.717, 1.165) is 15.6 Å². The third-order valence-corrected chi connectivity index (χ3v) is 3.62. The number of allylic oxidation sites excluding steroid dienone is 1. The Bertz CT molecular complexity index is 668. The Labute approximate surface area is 143 Å². The highest BCUT2D eigenvalue weighted by Gasteiger charge is 2.11. The molecule has 5 heteroatoms. The van der Waals surface area contributed by atoms with Gasteiger partial charge in [0.05, 0.1) is 7.11 Å². The Morgan fingerprint density at radius 2 is 1.95 bits per heavy atom. The fourth-order valence-electron chi connectivity index (χ4n) is 1.87. The number of carbonyl (C=O) groups excluding carboxylic acids is 1. The minimum absolute atomic E-state index is 0.373. The zero-order valence-corrected chi connectivity index (χ0v) is 14.3. The van der Waals surface area contributed by atoms with Crippen molar-refractivity contribution >= 4 is 34.4 Å². The van der Waals surface area contributed by atoms with Gasteiger partial charge in [0.1, 0.15) is 0 Å². The maximum Gasteiger partial charge on any atom is 0.417 e. The highest BCUT2D eigenvalue weighted by atomic mass is 127. The molecule has 1 amide bonds. The Morgan fingerprint density at radius 3 is 2.59 bits per heavy atom. The maximum atomic E-state index is 11.9. The summed E-state index contributed by atoms with van der Waals surface area (Å²) in [4.78, 5) is 11.9. The van der Waals surface area contributed by atoms with Crippen LogP contribution in [-0.4, -0.2) is 13.2 Å². The van der Waals surface area contributed by atoms with E-state index in [1.807, 2.05) is 36.4 Å². The molecule has 0 aliphatic carbocycles. The van der Waals surface area contributed by atoms with Gasteiger partial charge >= 0.3 is 6.09 Å². The van der Waals surface area contributed by atoms with E-state index >= 15 is 0 Å². The summed E-state index contributed by atoms with van der Waals surface area (Å²) < 4.78 is 11.7. The van der Waals surface area contributed by atoms with Crippen molar-refractivity contribution in [1.82, 2.24) is 0 Å². The number of amides is 1. The number of hydrogen-bond donors (Lipinski definition) is 1. The Kier molecular flexibility index (Phi) is 5.83. The van der Waals surface area contributed by atoms with Crippen molar-refractivity contribution in [3.63, 3.8) is 0 Å². The molecule has 0 aromatic heterocycles. The van der Waals surface area contributed by atoms with E-state index in [0.29, 0.717) is 17.2 Å². The van der Waals surface area contributed by atoms with E-state index in [1.54, 1.807) is 12.1 Å². The molecule has 0 bridgehead atoms. The summed E-state index contributed by atoms with van der Waals surface area (Å²) in [6.07, 6.45) is 1.97. The van der Waals surface area contributed by atoms with Crippen LogP contribution in [0.3, 0.4) is 0 Å². The molecule has 0 unspecified atom stereocenters. The Hall–Kier alpha value is -2.02. The lowest BCUT2D eigenvalue weighted by atomic mass is 10.1. The molecular formula is C17H16INO3. The van der Waals surface area contributed by atoms with Crippen molar-refractivity contribution in [3.8, 4) is 11.5 Å². The first-order chi connectivity index (χ1) is 10.6. The van der Waals surface area contributed by atoms with E-state index in [9.17, 15) is 4.79 Å². The normalized spacial score (nSPS) is 9.91. The Balaban J connectivity index is 2.07. The molecular weight excluding hydrogens is 393 g/mol. The van der Waals surface area contributed by atoms with Crippen LogP contribution in [0.15, 0.2) is 55.1 Å². The molecule has 0 aliphatic rings. The van der Waals surface area contributed by atoms with Gasteiger partial charge in [0, 0.05) is 9.26 Å². The highest BCUT2D eigenvalue weighted by Crippen LogP contribution is 2.28. The second-order valence-corrected chi connectivity index (χ2v) is 5.75. The van der Waals surface area contributed by atoms with Gasteiger partial charge in [-0.3, -0.25) is 5.32 Å². The van der Waals surface area contributed by atoms with Gasteiger partial charge in [-0.2, -0.15) is 0 Å². The predicted octanol–water partition coefficient (Wildman–Crippen LogP) is 4.64. The molecule has 0 heterocycles. The largest absolute Gasteiger partial charge is 0.493 e. The molecule has 2 aromatic rings. The molecule has 0 spiro atoms. The third-order valence-electron chi connectivity index (χ3n) is 2.90. The lowest BCUT2D eigenvalue weighted by Gasteiger charge is -2.11. The van der Waals surface area contributed by atoms with Gasteiger partial charge in [0.25, 0.3) is 0 Å². The van der Waals surface area contributed by atoms with Crippen LogP contribution in [0.25, 0.3) is 0 Å². The third kappa shape index (κ3) is 4.49. The SMILES string of the molecule is C=CCc1ccc(OC(=O)Nc2ccc(I)cc2)c(OC)c1. The van der Waals surface area contributed by atoms with Gasteiger partial charge in [0.15, 0.2) is 11.5 Å². The number of halogens is 1. The molecule has 2 rings (SSSR count). The van der Waals surface area contributed by atoms with E-state index in [4.69, 9.17) is 9.47 Å². The van der Waals surface area contributed by atoms with Crippen molar-refractivity contribution < 1.29 is 14.3 Å². The van der Waals surface area contributed by atoms with Crippen LogP contribution < -0.4 is 14.8 Å². The number of benzene rings is 2. The number of rotatable bonds is 5. The van der Waals surface area contributed by atoms with Crippen LogP contribution in [0.5, 0.6) is 11.5 Å². The first-order valence-corrected chi connectivity index (χ1v) is 7.72. The van der Waals surface area contributed by atoms with Gasteiger partial charge in [-0.1, -0.05) is 12.1 Å². The fourth-order valence-corrected chi connectivity index (χ4v) is 2.23. The van der Waals surface area contributed by atoms with Crippen LogP contribution >= 0.6 is 22.6 Å². The van der Waals surface area contributed by atoms with Gasteiger partial charge in [-0.05, 0) is 71.0 Å². The van der Waals surface area contributed by atoms with Crippen LogP contribution in [0, 0.1) is 3.57 Å². The minimum Gasteiger partial charge on any atom is -0.493 e. The van der Waals surface area contributed by atoms with Crippen LogP contribution in [0.2, 0.25) is 0 Å². The van der Waals surface area contributed by atoms with E-state index in [-0.39, 0.29) is 0 Å². The summed E-state index contributed by atoms with van der Waals surface area (Å²) in [5, 5.41) is 2.67. The first-order valence-electron chi connectivity index (χ1n) is 6.64. The van der Waals surface area contributed by atoms with E-state index in [2.05, 4.69) is 34.5 Å². The standard InChI is InChI=1S/C17H16INO3/c1-3-4-12-5-10-15(16(11-12)21-2)22-17(20)19-14-8-6-13(18)7-9-14/h3,5-11H,1,4H2,2H3,(H,19,20). The number of anilines is 1. The zero-order chi connectivity index (χ0) is 15.9. The van der Waals surface area contributed by atoms with Crippen LogP contribution in [-0.2, 0) is 6.42 Å².